The van der Waals surface area contributed by atoms with Crippen molar-refractivity contribution in [2.75, 3.05) is 25.5 Å². The van der Waals surface area contributed by atoms with E-state index in [2.05, 4.69) is 17.6 Å². The standard InChI is InChI=1S/C23H29N3O3/c1-3-21(17-9-11-20(29-2)12-10-17)25-22(27)18-13-15-26(16-14-18)23(28)24-19-7-5-4-6-8-19/h4-12,18,21H,3,13-16H2,1-2H3,(H,24,28)(H,25,27). The smallest absolute Gasteiger partial charge is 0.321 e. The second-order valence-electron chi connectivity index (χ2n) is 7.30. The molecule has 2 N–H and O–H groups in total. The summed E-state index contributed by atoms with van der Waals surface area (Å²) in [6.07, 6.45) is 2.16. The molecule has 29 heavy (non-hydrogen) atoms. The van der Waals surface area contributed by atoms with Crippen molar-refractivity contribution in [3.05, 3.63) is 60.2 Å². The number of methoxy groups -OCH3 is 1. The molecule has 3 rings (SSSR count). The van der Waals surface area contributed by atoms with Crippen LogP contribution in [0.4, 0.5) is 10.5 Å². The molecule has 1 aliphatic rings. The third-order valence-electron chi connectivity index (χ3n) is 5.42. The lowest BCUT2D eigenvalue weighted by Crippen LogP contribution is -2.45. The zero-order valence-electron chi connectivity index (χ0n) is 17.1. The lowest BCUT2D eigenvalue weighted by atomic mass is 9.94. The van der Waals surface area contributed by atoms with E-state index < -0.39 is 0 Å². The van der Waals surface area contributed by atoms with Gasteiger partial charge in [-0.25, -0.2) is 4.79 Å². The Bertz CT molecular complexity index is 800. The van der Waals surface area contributed by atoms with Crippen molar-refractivity contribution in [3.8, 4) is 5.75 Å². The van der Waals surface area contributed by atoms with Gasteiger partial charge in [0.25, 0.3) is 0 Å². The summed E-state index contributed by atoms with van der Waals surface area (Å²) in [6.45, 7) is 3.22. The Morgan fingerprint density at radius 2 is 1.72 bits per heavy atom. The van der Waals surface area contributed by atoms with Crippen molar-refractivity contribution in [2.24, 2.45) is 5.92 Å². The van der Waals surface area contributed by atoms with Crippen molar-refractivity contribution in [1.29, 1.82) is 0 Å². The summed E-state index contributed by atoms with van der Waals surface area (Å²) in [7, 11) is 1.64. The summed E-state index contributed by atoms with van der Waals surface area (Å²) in [5, 5.41) is 6.08. The van der Waals surface area contributed by atoms with Gasteiger partial charge >= 0.3 is 6.03 Å². The number of carbonyl (C=O) groups excluding carboxylic acids is 2. The highest BCUT2D eigenvalue weighted by Crippen LogP contribution is 2.23. The van der Waals surface area contributed by atoms with Gasteiger partial charge in [-0.05, 0) is 49.1 Å². The molecule has 1 aliphatic heterocycles. The highest BCUT2D eigenvalue weighted by Gasteiger charge is 2.28. The van der Waals surface area contributed by atoms with Gasteiger partial charge < -0.3 is 20.3 Å². The second kappa shape index (κ2) is 9.96. The fraction of sp³-hybridized carbons (Fsp3) is 0.391. The lowest BCUT2D eigenvalue weighted by molar-refractivity contribution is -0.127. The molecule has 0 bridgehead atoms. The molecular weight excluding hydrogens is 366 g/mol. The Morgan fingerprint density at radius 3 is 2.31 bits per heavy atom. The predicted octanol–water partition coefficient (Wildman–Crippen LogP) is 4.21. The Kier molecular flexibility index (Phi) is 7.11. The number of piperidine rings is 1. The number of hydrogen-bond donors (Lipinski definition) is 2. The van der Waals surface area contributed by atoms with Crippen LogP contribution in [0.1, 0.15) is 37.8 Å². The van der Waals surface area contributed by atoms with Crippen LogP contribution < -0.4 is 15.4 Å². The average molecular weight is 396 g/mol. The molecule has 154 valence electrons. The van der Waals surface area contributed by atoms with Gasteiger partial charge in [0, 0.05) is 24.7 Å². The molecule has 6 heteroatoms. The van der Waals surface area contributed by atoms with Crippen LogP contribution >= 0.6 is 0 Å². The molecule has 3 amide bonds. The maximum Gasteiger partial charge on any atom is 0.321 e. The van der Waals surface area contributed by atoms with Crippen molar-refractivity contribution in [2.45, 2.75) is 32.2 Å². The van der Waals surface area contributed by atoms with Crippen LogP contribution in [0.5, 0.6) is 5.75 Å². The minimum Gasteiger partial charge on any atom is -0.497 e. The third kappa shape index (κ3) is 5.50. The number of urea groups is 1. The van der Waals surface area contributed by atoms with Crippen molar-refractivity contribution in [3.63, 3.8) is 0 Å². The lowest BCUT2D eigenvalue weighted by Gasteiger charge is -2.32. The van der Waals surface area contributed by atoms with Gasteiger partial charge in [-0.15, -0.1) is 0 Å². The normalized spacial score (nSPS) is 15.4. The zero-order valence-corrected chi connectivity index (χ0v) is 17.1. The molecule has 2 aromatic carbocycles. The maximum absolute atomic E-state index is 12.8. The molecule has 2 aromatic rings. The topological polar surface area (TPSA) is 70.7 Å². The van der Waals surface area contributed by atoms with E-state index in [4.69, 9.17) is 4.74 Å². The monoisotopic (exact) mass is 395 g/mol. The number of para-hydroxylation sites is 1. The van der Waals surface area contributed by atoms with Crippen molar-refractivity contribution >= 4 is 17.6 Å². The van der Waals surface area contributed by atoms with Crippen LogP contribution in [0.15, 0.2) is 54.6 Å². The van der Waals surface area contributed by atoms with Crippen LogP contribution in [0.3, 0.4) is 0 Å². The van der Waals surface area contributed by atoms with Crippen LogP contribution in [0.2, 0.25) is 0 Å². The van der Waals surface area contributed by atoms with E-state index in [1.165, 1.54) is 0 Å². The molecule has 0 saturated carbocycles. The fourth-order valence-electron chi connectivity index (χ4n) is 3.62. The number of carbonyl (C=O) groups is 2. The van der Waals surface area contributed by atoms with Gasteiger partial charge in [-0.3, -0.25) is 4.79 Å². The Balaban J connectivity index is 1.50. The number of nitrogens with zero attached hydrogens (tertiary/aromatic N) is 1. The van der Waals surface area contributed by atoms with E-state index >= 15 is 0 Å². The molecule has 1 unspecified atom stereocenters. The van der Waals surface area contributed by atoms with E-state index in [1.54, 1.807) is 12.0 Å². The first kappa shape index (κ1) is 20.7. The predicted molar refractivity (Wildman–Crippen MR) is 114 cm³/mol. The van der Waals surface area contributed by atoms with Crippen LogP contribution in [-0.4, -0.2) is 37.0 Å². The second-order valence-corrected chi connectivity index (χ2v) is 7.30. The maximum atomic E-state index is 12.8. The Labute approximate surface area is 172 Å². The molecular formula is C23H29N3O3. The molecule has 0 aliphatic carbocycles. The fourth-order valence-corrected chi connectivity index (χ4v) is 3.62. The summed E-state index contributed by atoms with van der Waals surface area (Å²) >= 11 is 0. The van der Waals surface area contributed by atoms with Gasteiger partial charge in [-0.2, -0.15) is 0 Å². The minimum atomic E-state index is -0.111. The van der Waals surface area contributed by atoms with E-state index in [9.17, 15) is 9.59 Å². The molecule has 0 aromatic heterocycles. The number of nitrogens with one attached hydrogen (secondary N) is 2. The summed E-state index contributed by atoms with van der Waals surface area (Å²) in [4.78, 5) is 27.0. The summed E-state index contributed by atoms with van der Waals surface area (Å²) in [5.41, 5.74) is 1.85. The van der Waals surface area contributed by atoms with Crippen molar-refractivity contribution in [1.82, 2.24) is 10.2 Å². The van der Waals surface area contributed by atoms with Crippen LogP contribution in [-0.2, 0) is 4.79 Å². The number of ether oxygens (including phenoxy) is 1. The van der Waals surface area contributed by atoms with E-state index in [0.29, 0.717) is 25.9 Å². The molecule has 6 nitrogen and oxygen atoms in total. The largest absolute Gasteiger partial charge is 0.497 e. The summed E-state index contributed by atoms with van der Waals surface area (Å²) in [5.74, 6) is 0.801. The van der Waals surface area contributed by atoms with Gasteiger partial charge in [-0.1, -0.05) is 37.3 Å². The number of hydrogen-bond acceptors (Lipinski definition) is 3. The number of rotatable bonds is 6. The molecule has 1 fully saturated rings. The van der Waals surface area contributed by atoms with E-state index in [-0.39, 0.29) is 23.9 Å². The van der Waals surface area contributed by atoms with Gasteiger partial charge in [0.2, 0.25) is 5.91 Å². The Hall–Kier alpha value is -3.02. The van der Waals surface area contributed by atoms with E-state index in [1.807, 2.05) is 54.6 Å². The van der Waals surface area contributed by atoms with Crippen molar-refractivity contribution < 1.29 is 14.3 Å². The average Bonchev–Trinajstić information content (AvgIpc) is 2.78. The quantitative estimate of drug-likeness (QED) is 0.770. The van der Waals surface area contributed by atoms with E-state index in [0.717, 1.165) is 23.4 Å². The number of likely N-dealkylation sites (tertiary alicyclic amines) is 1. The Morgan fingerprint density at radius 1 is 1.07 bits per heavy atom. The number of benzene rings is 2. The SMILES string of the molecule is CCC(NC(=O)C1CCN(C(=O)Nc2ccccc2)CC1)c1ccc(OC)cc1. The van der Waals surface area contributed by atoms with Crippen LogP contribution in [0, 0.1) is 5.92 Å². The van der Waals surface area contributed by atoms with Gasteiger partial charge in [0.05, 0.1) is 13.2 Å². The number of amides is 3. The van der Waals surface area contributed by atoms with Gasteiger partial charge in [0.15, 0.2) is 0 Å². The minimum absolute atomic E-state index is 0.0205. The first-order chi connectivity index (χ1) is 14.1. The summed E-state index contributed by atoms with van der Waals surface area (Å²) in [6, 6.07) is 17.1. The van der Waals surface area contributed by atoms with Gasteiger partial charge in [0.1, 0.15) is 5.75 Å². The zero-order chi connectivity index (χ0) is 20.6. The molecule has 0 radical (unpaired) electrons. The highest BCUT2D eigenvalue weighted by molar-refractivity contribution is 5.89. The first-order valence-corrected chi connectivity index (χ1v) is 10.2. The first-order valence-electron chi connectivity index (χ1n) is 10.2. The molecule has 0 spiro atoms. The third-order valence-corrected chi connectivity index (χ3v) is 5.42. The molecule has 1 atom stereocenters. The summed E-state index contributed by atoms with van der Waals surface area (Å²) < 4.78 is 5.20. The number of anilines is 1. The van der Waals surface area contributed by atoms with Crippen LogP contribution in [0.25, 0.3) is 0 Å². The molecule has 1 heterocycles. The highest BCUT2D eigenvalue weighted by atomic mass is 16.5. The molecule has 1 saturated heterocycles.